The minimum Gasteiger partial charge on any atom is -0.355 e. The predicted molar refractivity (Wildman–Crippen MR) is 67.6 cm³/mol. The van der Waals surface area contributed by atoms with E-state index in [9.17, 15) is 0 Å². The number of guanidine groups is 1. The number of aromatic nitrogens is 3. The topological polar surface area (TPSA) is 67.1 Å². The fourth-order valence-electron chi connectivity index (χ4n) is 1.39. The molecule has 0 saturated heterocycles. The molecule has 0 saturated carbocycles. The number of nitrogens with one attached hydrogen (secondary N) is 2. The van der Waals surface area contributed by atoms with Gasteiger partial charge in [0.05, 0.1) is 6.54 Å². The van der Waals surface area contributed by atoms with Crippen LogP contribution in [-0.2, 0) is 13.0 Å². The number of rotatable bonds is 5. The molecule has 2 N–H and O–H groups in total. The summed E-state index contributed by atoms with van der Waals surface area (Å²) in [5.41, 5.74) is 0. The SMILES string of the molecule is C#CCNC(=NC)NCCn1cnnc1CC. The Labute approximate surface area is 102 Å². The molecule has 1 aromatic rings. The van der Waals surface area contributed by atoms with Crippen molar-refractivity contribution in [1.29, 1.82) is 0 Å². The van der Waals surface area contributed by atoms with E-state index in [0.29, 0.717) is 12.5 Å². The van der Waals surface area contributed by atoms with Gasteiger partial charge in [-0.3, -0.25) is 4.99 Å². The Morgan fingerprint density at radius 3 is 3.06 bits per heavy atom. The molecule has 1 rings (SSSR count). The molecule has 92 valence electrons. The van der Waals surface area contributed by atoms with Crippen LogP contribution in [0.1, 0.15) is 12.7 Å². The van der Waals surface area contributed by atoms with Gasteiger partial charge < -0.3 is 15.2 Å². The van der Waals surface area contributed by atoms with Gasteiger partial charge in [-0.05, 0) is 0 Å². The highest BCUT2D eigenvalue weighted by molar-refractivity contribution is 5.79. The highest BCUT2D eigenvalue weighted by Gasteiger charge is 2.01. The van der Waals surface area contributed by atoms with Crippen molar-refractivity contribution >= 4 is 5.96 Å². The van der Waals surface area contributed by atoms with E-state index < -0.39 is 0 Å². The second-order valence-electron chi connectivity index (χ2n) is 3.35. The molecule has 0 unspecified atom stereocenters. The summed E-state index contributed by atoms with van der Waals surface area (Å²) in [5, 5.41) is 14.0. The summed E-state index contributed by atoms with van der Waals surface area (Å²) in [6.07, 6.45) is 7.77. The van der Waals surface area contributed by atoms with Gasteiger partial charge >= 0.3 is 0 Å². The molecule has 0 aliphatic rings. The smallest absolute Gasteiger partial charge is 0.191 e. The quantitative estimate of drug-likeness (QED) is 0.415. The van der Waals surface area contributed by atoms with E-state index in [0.717, 1.165) is 25.3 Å². The van der Waals surface area contributed by atoms with Gasteiger partial charge in [0.15, 0.2) is 5.96 Å². The van der Waals surface area contributed by atoms with Gasteiger partial charge in [0.2, 0.25) is 0 Å². The second kappa shape index (κ2) is 7.28. The average molecular weight is 234 g/mol. The molecule has 0 amide bonds. The molecule has 0 aromatic carbocycles. The average Bonchev–Trinajstić information content (AvgIpc) is 2.81. The van der Waals surface area contributed by atoms with Crippen molar-refractivity contribution in [2.75, 3.05) is 20.1 Å². The first kappa shape index (κ1) is 13.0. The molecule has 6 nitrogen and oxygen atoms in total. The maximum atomic E-state index is 5.16. The summed E-state index contributed by atoms with van der Waals surface area (Å²) >= 11 is 0. The van der Waals surface area contributed by atoms with Gasteiger partial charge in [0, 0.05) is 26.6 Å². The molecule has 0 spiro atoms. The molecule has 0 aliphatic carbocycles. The molecule has 0 atom stereocenters. The lowest BCUT2D eigenvalue weighted by molar-refractivity contribution is 0.635. The van der Waals surface area contributed by atoms with E-state index in [-0.39, 0.29) is 0 Å². The maximum Gasteiger partial charge on any atom is 0.191 e. The van der Waals surface area contributed by atoms with Crippen LogP contribution in [0, 0.1) is 12.3 Å². The van der Waals surface area contributed by atoms with E-state index in [1.165, 1.54) is 0 Å². The van der Waals surface area contributed by atoms with E-state index in [4.69, 9.17) is 6.42 Å². The van der Waals surface area contributed by atoms with E-state index in [1.807, 2.05) is 4.57 Å². The third-order valence-electron chi connectivity index (χ3n) is 2.24. The van der Waals surface area contributed by atoms with Crippen LogP contribution in [0.4, 0.5) is 0 Å². The lowest BCUT2D eigenvalue weighted by atomic mass is 10.4. The molecule has 0 aliphatic heterocycles. The van der Waals surface area contributed by atoms with Crippen LogP contribution >= 0.6 is 0 Å². The number of aryl methyl sites for hydroxylation is 1. The zero-order valence-electron chi connectivity index (χ0n) is 10.3. The third-order valence-corrected chi connectivity index (χ3v) is 2.24. The van der Waals surface area contributed by atoms with E-state index in [1.54, 1.807) is 13.4 Å². The second-order valence-corrected chi connectivity index (χ2v) is 3.35. The summed E-state index contributed by atoms with van der Waals surface area (Å²) < 4.78 is 2.02. The van der Waals surface area contributed by atoms with Crippen LogP contribution in [0.3, 0.4) is 0 Å². The molecule has 0 radical (unpaired) electrons. The highest BCUT2D eigenvalue weighted by Crippen LogP contribution is 1.94. The Morgan fingerprint density at radius 1 is 1.59 bits per heavy atom. The fourth-order valence-corrected chi connectivity index (χ4v) is 1.39. The number of hydrogen-bond acceptors (Lipinski definition) is 3. The van der Waals surface area contributed by atoms with Crippen LogP contribution in [-0.4, -0.2) is 40.9 Å². The van der Waals surface area contributed by atoms with Crippen molar-refractivity contribution in [2.45, 2.75) is 19.9 Å². The van der Waals surface area contributed by atoms with Crippen molar-refractivity contribution in [2.24, 2.45) is 4.99 Å². The number of aliphatic imine (C=N–C) groups is 1. The summed E-state index contributed by atoms with van der Waals surface area (Å²) in [6.45, 7) is 4.07. The first-order valence-corrected chi connectivity index (χ1v) is 5.56. The first-order valence-electron chi connectivity index (χ1n) is 5.56. The summed E-state index contributed by atoms with van der Waals surface area (Å²) in [4.78, 5) is 4.05. The Balaban J connectivity index is 2.34. The maximum absolute atomic E-state index is 5.16. The fraction of sp³-hybridized carbons (Fsp3) is 0.545. The van der Waals surface area contributed by atoms with Crippen LogP contribution in [0.25, 0.3) is 0 Å². The number of hydrogen-bond donors (Lipinski definition) is 2. The van der Waals surface area contributed by atoms with E-state index >= 15 is 0 Å². The van der Waals surface area contributed by atoms with Gasteiger partial charge in [-0.25, -0.2) is 0 Å². The molecule has 1 aromatic heterocycles. The standard InChI is InChI=1S/C11H18N6/c1-4-6-13-11(12-3)14-7-8-17-9-15-16-10(17)5-2/h1,9H,5-8H2,2-3H3,(H2,12,13,14). The van der Waals surface area contributed by atoms with Crippen molar-refractivity contribution in [3.63, 3.8) is 0 Å². The van der Waals surface area contributed by atoms with Crippen molar-refractivity contribution in [3.05, 3.63) is 12.2 Å². The highest BCUT2D eigenvalue weighted by atomic mass is 15.3. The Hall–Kier alpha value is -2.03. The molecule has 17 heavy (non-hydrogen) atoms. The monoisotopic (exact) mass is 234 g/mol. The minimum atomic E-state index is 0.465. The Bertz CT molecular complexity index is 400. The molecule has 1 heterocycles. The first-order chi connectivity index (χ1) is 8.31. The number of terminal acetylenes is 1. The molecule has 0 fully saturated rings. The summed E-state index contributed by atoms with van der Waals surface area (Å²) in [6, 6.07) is 0. The Morgan fingerprint density at radius 2 is 2.41 bits per heavy atom. The van der Waals surface area contributed by atoms with Crippen molar-refractivity contribution in [3.8, 4) is 12.3 Å². The minimum absolute atomic E-state index is 0.465. The van der Waals surface area contributed by atoms with Gasteiger partial charge in [0.1, 0.15) is 12.2 Å². The Kier molecular flexibility index (Phi) is 5.58. The molecular weight excluding hydrogens is 216 g/mol. The van der Waals surface area contributed by atoms with Crippen LogP contribution in [0.15, 0.2) is 11.3 Å². The van der Waals surface area contributed by atoms with Crippen molar-refractivity contribution in [1.82, 2.24) is 25.4 Å². The normalized spacial score (nSPS) is 11.0. The van der Waals surface area contributed by atoms with Crippen LogP contribution in [0.2, 0.25) is 0 Å². The van der Waals surface area contributed by atoms with Gasteiger partial charge in [-0.2, -0.15) is 0 Å². The molecule has 0 bridgehead atoms. The van der Waals surface area contributed by atoms with Crippen LogP contribution in [0.5, 0.6) is 0 Å². The van der Waals surface area contributed by atoms with Crippen LogP contribution < -0.4 is 10.6 Å². The van der Waals surface area contributed by atoms with Crippen molar-refractivity contribution < 1.29 is 0 Å². The van der Waals surface area contributed by atoms with Gasteiger partial charge in [-0.15, -0.1) is 16.6 Å². The zero-order chi connectivity index (χ0) is 12.5. The molecular formula is C11H18N6. The predicted octanol–water partition coefficient (Wildman–Crippen LogP) is -0.361. The zero-order valence-corrected chi connectivity index (χ0v) is 10.3. The van der Waals surface area contributed by atoms with Gasteiger partial charge in [-0.1, -0.05) is 12.8 Å². The van der Waals surface area contributed by atoms with Gasteiger partial charge in [0.25, 0.3) is 0 Å². The summed E-state index contributed by atoms with van der Waals surface area (Å²) in [7, 11) is 1.71. The summed E-state index contributed by atoms with van der Waals surface area (Å²) in [5.74, 6) is 4.19. The third kappa shape index (κ3) is 4.15. The molecule has 6 heteroatoms. The lowest BCUT2D eigenvalue weighted by Gasteiger charge is -2.10. The van der Waals surface area contributed by atoms with E-state index in [2.05, 4.69) is 38.7 Å². The largest absolute Gasteiger partial charge is 0.355 e. The lowest BCUT2D eigenvalue weighted by Crippen LogP contribution is -2.39. The number of nitrogens with zero attached hydrogens (tertiary/aromatic N) is 4.